The van der Waals surface area contributed by atoms with Gasteiger partial charge in [0.1, 0.15) is 11.6 Å². The van der Waals surface area contributed by atoms with Gasteiger partial charge < -0.3 is 15.0 Å². The third kappa shape index (κ3) is 10.7. The lowest BCUT2D eigenvalue weighted by molar-refractivity contribution is 0.231. The molecule has 32 heavy (non-hydrogen) atoms. The van der Waals surface area contributed by atoms with E-state index in [9.17, 15) is 0 Å². The highest BCUT2D eigenvalue weighted by Crippen LogP contribution is 2.39. The van der Waals surface area contributed by atoms with Crippen molar-refractivity contribution in [1.82, 2.24) is 0 Å². The number of amidine groups is 1. The van der Waals surface area contributed by atoms with Crippen LogP contribution >= 0.6 is 48.8 Å². The Morgan fingerprint density at radius 2 is 2.03 bits per heavy atom. The SMILES string of the molecule is C=C/C=C\C=C(/C)C(C)O.CSc1sc(C(=N)N)cc1N(C)SOc1cccc(C)c1.S. The zero-order valence-electron chi connectivity index (χ0n) is 19.1. The maximum atomic E-state index is 8.99. The normalized spacial score (nSPS) is 11.8. The maximum absolute atomic E-state index is 8.99. The summed E-state index contributed by atoms with van der Waals surface area (Å²) in [6.45, 7) is 9.19. The highest BCUT2D eigenvalue weighted by molar-refractivity contribution is 8.01. The van der Waals surface area contributed by atoms with Crippen molar-refractivity contribution < 1.29 is 9.29 Å². The Labute approximate surface area is 211 Å². The Balaban J connectivity index is 0.000000747. The first-order valence-corrected chi connectivity index (χ1v) is 12.2. The minimum Gasteiger partial charge on any atom is -0.405 e. The lowest BCUT2D eigenvalue weighted by Crippen LogP contribution is -2.10. The minimum atomic E-state index is -0.352. The van der Waals surface area contributed by atoms with Crippen LogP contribution in [0.15, 0.2) is 71.0 Å². The Morgan fingerprint density at radius 3 is 2.56 bits per heavy atom. The van der Waals surface area contributed by atoms with Crippen molar-refractivity contribution in [2.45, 2.75) is 31.1 Å². The predicted molar refractivity (Wildman–Crippen MR) is 150 cm³/mol. The average molecular weight is 512 g/mol. The molecule has 2 aromatic rings. The molecule has 0 saturated heterocycles. The first-order valence-electron chi connectivity index (χ1n) is 9.50. The fourth-order valence-corrected chi connectivity index (χ4v) is 4.52. The van der Waals surface area contributed by atoms with Gasteiger partial charge in [0.2, 0.25) is 0 Å². The summed E-state index contributed by atoms with van der Waals surface area (Å²) in [6.07, 6.45) is 8.91. The van der Waals surface area contributed by atoms with Gasteiger partial charge in [-0.1, -0.05) is 43.0 Å². The van der Waals surface area contributed by atoms with Gasteiger partial charge >= 0.3 is 0 Å². The summed E-state index contributed by atoms with van der Waals surface area (Å²) < 4.78 is 8.78. The zero-order chi connectivity index (χ0) is 23.4. The highest BCUT2D eigenvalue weighted by Gasteiger charge is 2.15. The van der Waals surface area contributed by atoms with E-state index in [0.29, 0.717) is 0 Å². The number of hydrogen-bond donors (Lipinski definition) is 3. The first-order chi connectivity index (χ1) is 14.7. The monoisotopic (exact) mass is 511 g/mol. The van der Waals surface area contributed by atoms with Gasteiger partial charge in [0.15, 0.2) is 12.2 Å². The number of allylic oxidation sites excluding steroid dienone is 4. The fraction of sp³-hybridized carbons (Fsp3) is 0.261. The molecule has 9 heteroatoms. The molecule has 4 N–H and O–H groups in total. The fourth-order valence-electron chi connectivity index (χ4n) is 2.09. The van der Waals surface area contributed by atoms with Crippen LogP contribution in [0.1, 0.15) is 24.3 Å². The van der Waals surface area contributed by atoms with Gasteiger partial charge in [-0.3, -0.25) is 9.71 Å². The van der Waals surface area contributed by atoms with Crippen molar-refractivity contribution in [3.05, 3.63) is 77.2 Å². The largest absolute Gasteiger partial charge is 0.405 e. The second-order valence-electron chi connectivity index (χ2n) is 6.58. The van der Waals surface area contributed by atoms with E-state index >= 15 is 0 Å². The van der Waals surface area contributed by atoms with E-state index in [2.05, 4.69) is 6.58 Å². The summed E-state index contributed by atoms with van der Waals surface area (Å²) in [5.41, 5.74) is 8.69. The average Bonchev–Trinajstić information content (AvgIpc) is 3.17. The van der Waals surface area contributed by atoms with Crippen molar-refractivity contribution in [2.24, 2.45) is 5.73 Å². The third-order valence-electron chi connectivity index (χ3n) is 3.97. The molecule has 0 aliphatic carbocycles. The van der Waals surface area contributed by atoms with Gasteiger partial charge in [-0.15, -0.1) is 23.1 Å². The molecule has 0 saturated carbocycles. The number of nitrogens with zero attached hydrogens (tertiary/aromatic N) is 1. The van der Waals surface area contributed by atoms with Crippen molar-refractivity contribution in [3.63, 3.8) is 0 Å². The van der Waals surface area contributed by atoms with Crippen LogP contribution in [0.5, 0.6) is 5.75 Å². The summed E-state index contributed by atoms with van der Waals surface area (Å²) in [6, 6.07) is 9.84. The number of rotatable bonds is 9. The number of anilines is 1. The summed E-state index contributed by atoms with van der Waals surface area (Å²) in [5, 5.41) is 16.5. The van der Waals surface area contributed by atoms with Crippen LogP contribution in [0.2, 0.25) is 0 Å². The Hall–Kier alpha value is -1.78. The molecule has 0 amide bonds. The maximum Gasteiger partial charge on any atom is 0.179 e. The lowest BCUT2D eigenvalue weighted by atomic mass is 10.2. The highest BCUT2D eigenvalue weighted by atomic mass is 32.2. The van der Waals surface area contributed by atoms with Crippen LogP contribution in [0.3, 0.4) is 0 Å². The topological polar surface area (TPSA) is 82.6 Å². The Kier molecular flexibility index (Phi) is 15.0. The van der Waals surface area contributed by atoms with E-state index in [1.54, 1.807) is 24.8 Å². The molecule has 0 aliphatic heterocycles. The second kappa shape index (κ2) is 15.9. The van der Waals surface area contributed by atoms with E-state index in [1.165, 1.54) is 23.6 Å². The molecule has 0 aliphatic rings. The van der Waals surface area contributed by atoms with Gasteiger partial charge in [0, 0.05) is 7.05 Å². The summed E-state index contributed by atoms with van der Waals surface area (Å²) >= 11 is 4.43. The molecule has 1 aromatic carbocycles. The number of nitrogen functional groups attached to an aromatic ring is 1. The van der Waals surface area contributed by atoms with Crippen LogP contribution in [-0.4, -0.2) is 30.3 Å². The number of thioether (sulfide) groups is 1. The predicted octanol–water partition coefficient (Wildman–Crippen LogP) is 6.31. The molecule has 1 atom stereocenters. The second-order valence-corrected chi connectivity index (χ2v) is 9.57. The Morgan fingerprint density at radius 1 is 1.34 bits per heavy atom. The molecule has 1 aromatic heterocycles. The number of aryl methyl sites for hydroxylation is 1. The van der Waals surface area contributed by atoms with Gasteiger partial charge in [-0.25, -0.2) is 0 Å². The molecular formula is C23H33N3O2S4. The van der Waals surface area contributed by atoms with Crippen LogP contribution in [0, 0.1) is 12.3 Å². The van der Waals surface area contributed by atoms with Gasteiger partial charge in [-0.2, -0.15) is 13.5 Å². The van der Waals surface area contributed by atoms with Gasteiger partial charge in [0.05, 0.1) is 20.9 Å². The quantitative estimate of drug-likeness (QED) is 0.0914. The molecule has 1 unspecified atom stereocenters. The molecular weight excluding hydrogens is 479 g/mol. The van der Waals surface area contributed by atoms with Crippen molar-refractivity contribution in [3.8, 4) is 5.75 Å². The number of aliphatic hydroxyl groups is 1. The number of nitrogens with one attached hydrogen (secondary N) is 1. The molecule has 0 fully saturated rings. The summed E-state index contributed by atoms with van der Waals surface area (Å²) in [4.78, 5) is 0.775. The smallest absolute Gasteiger partial charge is 0.179 e. The van der Waals surface area contributed by atoms with E-state index in [1.807, 2.05) is 80.0 Å². The number of benzene rings is 1. The summed E-state index contributed by atoms with van der Waals surface area (Å²) in [7, 11) is 1.94. The van der Waals surface area contributed by atoms with E-state index in [0.717, 1.165) is 31.7 Å². The zero-order valence-corrected chi connectivity index (χ0v) is 22.5. The minimum absolute atomic E-state index is 0. The third-order valence-corrected chi connectivity index (χ3v) is 6.94. The van der Waals surface area contributed by atoms with Crippen LogP contribution in [0.25, 0.3) is 0 Å². The van der Waals surface area contributed by atoms with Gasteiger partial charge in [0.25, 0.3) is 0 Å². The number of aliphatic hydroxyl groups excluding tert-OH is 1. The molecule has 0 radical (unpaired) electrons. The molecule has 176 valence electrons. The Bertz CT molecular complexity index is 924. The van der Waals surface area contributed by atoms with Crippen molar-refractivity contribution in [2.75, 3.05) is 17.6 Å². The molecule has 0 bridgehead atoms. The molecule has 0 spiro atoms. The van der Waals surface area contributed by atoms with E-state index in [4.69, 9.17) is 20.4 Å². The van der Waals surface area contributed by atoms with Crippen LogP contribution in [0.4, 0.5) is 5.69 Å². The van der Waals surface area contributed by atoms with E-state index < -0.39 is 0 Å². The lowest BCUT2D eigenvalue weighted by Gasteiger charge is -2.16. The van der Waals surface area contributed by atoms with Crippen LogP contribution < -0.4 is 14.2 Å². The van der Waals surface area contributed by atoms with Gasteiger partial charge in [-0.05, 0) is 56.4 Å². The standard InChI is InChI=1S/C14H17N3OS3.C9H14O.H2S/c1-9-5-4-6-10(7-9)18-21-17(2)11-8-12(13(15)16)20-14(11)19-3;1-4-5-6-7-8(2)9(3)10;/h4-8H,1-3H3,(H3,15,16);4-7,9-10H,1H2,2-3H3;1H2/b;6-5-,8-7+;. The number of hydrogen-bond acceptors (Lipinski definition) is 7. The van der Waals surface area contributed by atoms with Crippen molar-refractivity contribution in [1.29, 1.82) is 5.41 Å². The van der Waals surface area contributed by atoms with E-state index in [-0.39, 0.29) is 25.4 Å². The van der Waals surface area contributed by atoms with Crippen LogP contribution in [-0.2, 0) is 0 Å². The summed E-state index contributed by atoms with van der Waals surface area (Å²) in [5.74, 6) is 0.916. The molecule has 5 nitrogen and oxygen atoms in total. The number of nitrogens with two attached hydrogens (primary N) is 1. The molecule has 1 heterocycles. The van der Waals surface area contributed by atoms with Crippen molar-refractivity contribution >= 4 is 60.3 Å². The number of thiophene rings is 1. The first kappa shape index (κ1) is 30.2. The molecule has 2 rings (SSSR count).